The van der Waals surface area contributed by atoms with Crippen molar-refractivity contribution in [2.45, 2.75) is 38.3 Å². The number of hydroxylamine groups is 1. The molecule has 0 bridgehead atoms. The number of hydrogen-bond donors (Lipinski definition) is 4. The molecule has 21 heavy (non-hydrogen) atoms. The topological polar surface area (TPSA) is 104 Å². The van der Waals surface area contributed by atoms with E-state index < -0.39 is 17.9 Å². The highest BCUT2D eigenvalue weighted by Crippen LogP contribution is 2.24. The van der Waals surface area contributed by atoms with Gasteiger partial charge in [0.15, 0.2) is 0 Å². The summed E-state index contributed by atoms with van der Waals surface area (Å²) in [4.78, 5) is 24.0. The first-order chi connectivity index (χ1) is 10.0. The summed E-state index contributed by atoms with van der Waals surface area (Å²) in [5.74, 6) is -1.26. The van der Waals surface area contributed by atoms with Crippen molar-refractivity contribution in [2.75, 3.05) is 0 Å². The molecule has 3 unspecified atom stereocenters. The van der Waals surface area contributed by atoms with E-state index in [0.717, 1.165) is 18.4 Å². The van der Waals surface area contributed by atoms with Crippen molar-refractivity contribution < 1.29 is 14.8 Å². The minimum absolute atomic E-state index is 0.256. The van der Waals surface area contributed by atoms with Crippen molar-refractivity contribution in [1.82, 2.24) is 10.8 Å². The summed E-state index contributed by atoms with van der Waals surface area (Å²) >= 11 is 0. The van der Waals surface area contributed by atoms with Gasteiger partial charge in [0.2, 0.25) is 5.91 Å². The van der Waals surface area contributed by atoms with E-state index >= 15 is 0 Å². The molecular weight excluding hydrogens is 270 g/mol. The van der Waals surface area contributed by atoms with Crippen molar-refractivity contribution in [3.8, 4) is 0 Å². The van der Waals surface area contributed by atoms with E-state index in [1.165, 1.54) is 0 Å². The zero-order chi connectivity index (χ0) is 15.4. The minimum atomic E-state index is -0.506. The van der Waals surface area contributed by atoms with Crippen LogP contribution in [0.2, 0.25) is 0 Å². The largest absolute Gasteiger partial charge is 0.347 e. The molecule has 0 radical (unpaired) electrons. The van der Waals surface area contributed by atoms with Gasteiger partial charge in [-0.2, -0.15) is 0 Å². The van der Waals surface area contributed by atoms with Crippen molar-refractivity contribution in [3.63, 3.8) is 0 Å². The number of carbonyl (C=O) groups excluding carboxylic acids is 2. The number of benzene rings is 1. The lowest BCUT2D eigenvalue weighted by atomic mass is 9.80. The quantitative estimate of drug-likeness (QED) is 0.486. The molecule has 0 saturated heterocycles. The van der Waals surface area contributed by atoms with Crippen LogP contribution in [0.1, 0.15) is 35.2 Å². The Morgan fingerprint density at radius 2 is 1.90 bits per heavy atom. The summed E-state index contributed by atoms with van der Waals surface area (Å²) in [6.45, 7) is 1.94. The van der Waals surface area contributed by atoms with E-state index in [9.17, 15) is 9.59 Å². The number of hydrogen-bond acceptors (Lipinski definition) is 4. The fourth-order valence-electron chi connectivity index (χ4n) is 2.76. The van der Waals surface area contributed by atoms with Gasteiger partial charge in [0.1, 0.15) is 0 Å². The molecule has 0 aliphatic heterocycles. The summed E-state index contributed by atoms with van der Waals surface area (Å²) in [5.41, 5.74) is 9.29. The van der Waals surface area contributed by atoms with Crippen LogP contribution in [0.15, 0.2) is 24.3 Å². The average Bonchev–Trinajstić information content (AvgIpc) is 2.49. The van der Waals surface area contributed by atoms with E-state index in [1.807, 2.05) is 19.1 Å². The predicted octanol–water partition coefficient (Wildman–Crippen LogP) is 0.726. The maximum atomic E-state index is 12.3. The molecule has 114 valence electrons. The second kappa shape index (κ2) is 6.69. The fourth-order valence-corrected chi connectivity index (χ4v) is 2.76. The van der Waals surface area contributed by atoms with Crippen LogP contribution in [0.25, 0.3) is 0 Å². The van der Waals surface area contributed by atoms with Crippen LogP contribution in [0.4, 0.5) is 0 Å². The standard InChI is InChI=1S/C15H21N3O3/c1-9-5-7-10(8-6-9)14(19)17-13-11(15(20)18-21)3-2-4-12(13)16/h5-8,11-13,21H,2-4,16H2,1H3,(H,17,19)(H,18,20). The molecular formula is C15H21N3O3. The number of aryl methyl sites for hydroxylation is 1. The summed E-state index contributed by atoms with van der Waals surface area (Å²) in [7, 11) is 0. The van der Waals surface area contributed by atoms with Gasteiger partial charge >= 0.3 is 0 Å². The highest BCUT2D eigenvalue weighted by Gasteiger charge is 2.36. The van der Waals surface area contributed by atoms with Gasteiger partial charge in [-0.05, 0) is 31.9 Å². The van der Waals surface area contributed by atoms with Gasteiger partial charge in [-0.3, -0.25) is 14.8 Å². The van der Waals surface area contributed by atoms with Crippen molar-refractivity contribution in [3.05, 3.63) is 35.4 Å². The molecule has 0 aromatic heterocycles. The Morgan fingerprint density at radius 1 is 1.24 bits per heavy atom. The first-order valence-corrected chi connectivity index (χ1v) is 7.10. The Bertz CT molecular complexity index is 515. The molecule has 3 atom stereocenters. The normalized spacial score (nSPS) is 25.2. The SMILES string of the molecule is Cc1ccc(C(=O)NC2C(N)CCCC2C(=O)NO)cc1. The average molecular weight is 291 g/mol. The molecule has 1 aromatic rings. The number of amides is 2. The molecule has 6 nitrogen and oxygen atoms in total. The van der Waals surface area contributed by atoms with Gasteiger partial charge in [-0.1, -0.05) is 24.1 Å². The van der Waals surface area contributed by atoms with E-state index in [2.05, 4.69) is 5.32 Å². The fraction of sp³-hybridized carbons (Fsp3) is 0.467. The summed E-state index contributed by atoms with van der Waals surface area (Å²) in [6, 6.07) is 6.41. The molecule has 0 heterocycles. The van der Waals surface area contributed by atoms with Crippen LogP contribution in [-0.2, 0) is 4.79 Å². The predicted molar refractivity (Wildman–Crippen MR) is 77.7 cm³/mol. The Balaban J connectivity index is 2.12. The Morgan fingerprint density at radius 3 is 2.52 bits per heavy atom. The molecule has 1 fully saturated rings. The summed E-state index contributed by atoms with van der Waals surface area (Å²) in [6.07, 6.45) is 2.14. The molecule has 1 aliphatic carbocycles. The first kappa shape index (κ1) is 15.5. The van der Waals surface area contributed by atoms with Gasteiger partial charge in [-0.25, -0.2) is 5.48 Å². The van der Waals surface area contributed by atoms with Crippen LogP contribution in [0.5, 0.6) is 0 Å². The zero-order valence-corrected chi connectivity index (χ0v) is 12.0. The van der Waals surface area contributed by atoms with Crippen LogP contribution in [0, 0.1) is 12.8 Å². The molecule has 1 saturated carbocycles. The van der Waals surface area contributed by atoms with Crippen molar-refractivity contribution >= 4 is 11.8 Å². The van der Waals surface area contributed by atoms with Crippen LogP contribution >= 0.6 is 0 Å². The third-order valence-corrected chi connectivity index (χ3v) is 4.01. The summed E-state index contributed by atoms with van der Waals surface area (Å²) in [5, 5.41) is 11.7. The molecule has 1 aliphatic rings. The smallest absolute Gasteiger partial charge is 0.251 e. The number of rotatable bonds is 3. The Hall–Kier alpha value is -1.92. The lowest BCUT2D eigenvalue weighted by Gasteiger charge is -2.35. The highest BCUT2D eigenvalue weighted by molar-refractivity contribution is 5.95. The highest BCUT2D eigenvalue weighted by atomic mass is 16.5. The lowest BCUT2D eigenvalue weighted by Crippen LogP contribution is -2.57. The number of nitrogens with two attached hydrogens (primary N) is 1. The molecule has 2 rings (SSSR count). The van der Waals surface area contributed by atoms with Gasteiger partial charge in [-0.15, -0.1) is 0 Å². The van der Waals surface area contributed by atoms with Gasteiger partial charge < -0.3 is 11.1 Å². The number of nitrogens with one attached hydrogen (secondary N) is 2. The first-order valence-electron chi connectivity index (χ1n) is 7.10. The Kier molecular flexibility index (Phi) is 4.93. The second-order valence-corrected chi connectivity index (χ2v) is 5.54. The van der Waals surface area contributed by atoms with Crippen LogP contribution < -0.4 is 16.5 Å². The van der Waals surface area contributed by atoms with Crippen molar-refractivity contribution in [1.29, 1.82) is 0 Å². The third-order valence-electron chi connectivity index (χ3n) is 4.01. The van der Waals surface area contributed by atoms with E-state index in [0.29, 0.717) is 12.0 Å². The maximum absolute atomic E-state index is 12.3. The van der Waals surface area contributed by atoms with E-state index in [-0.39, 0.29) is 11.9 Å². The lowest BCUT2D eigenvalue weighted by molar-refractivity contribution is -0.135. The third kappa shape index (κ3) is 3.59. The van der Waals surface area contributed by atoms with Gasteiger partial charge in [0.25, 0.3) is 5.91 Å². The van der Waals surface area contributed by atoms with Gasteiger partial charge in [0, 0.05) is 11.6 Å². The molecule has 2 amide bonds. The van der Waals surface area contributed by atoms with Crippen LogP contribution in [-0.4, -0.2) is 29.1 Å². The number of carbonyl (C=O) groups is 2. The molecule has 0 spiro atoms. The van der Waals surface area contributed by atoms with E-state index in [4.69, 9.17) is 10.9 Å². The second-order valence-electron chi connectivity index (χ2n) is 5.54. The molecule has 1 aromatic carbocycles. The van der Waals surface area contributed by atoms with Crippen molar-refractivity contribution in [2.24, 2.45) is 11.7 Å². The monoisotopic (exact) mass is 291 g/mol. The zero-order valence-electron chi connectivity index (χ0n) is 12.0. The van der Waals surface area contributed by atoms with E-state index in [1.54, 1.807) is 17.6 Å². The Labute approximate surface area is 123 Å². The maximum Gasteiger partial charge on any atom is 0.251 e. The van der Waals surface area contributed by atoms with Gasteiger partial charge in [0.05, 0.1) is 12.0 Å². The molecule has 6 heteroatoms. The van der Waals surface area contributed by atoms with Crippen LogP contribution in [0.3, 0.4) is 0 Å². The summed E-state index contributed by atoms with van der Waals surface area (Å²) < 4.78 is 0. The molecule has 5 N–H and O–H groups in total. The minimum Gasteiger partial charge on any atom is -0.347 e.